The predicted octanol–water partition coefficient (Wildman–Crippen LogP) is 4.11. The van der Waals surface area contributed by atoms with Gasteiger partial charge in [0, 0.05) is 7.05 Å². The van der Waals surface area contributed by atoms with E-state index < -0.39 is 41.1 Å². The zero-order chi connectivity index (χ0) is 18.0. The number of nitroso groups, excluding NO2 is 1. The highest BCUT2D eigenvalue weighted by molar-refractivity contribution is 5.73. The summed E-state index contributed by atoms with van der Waals surface area (Å²) in [5.74, 6) is 0. The molecule has 1 aromatic rings. The van der Waals surface area contributed by atoms with Crippen molar-refractivity contribution in [3.05, 3.63) is 39.8 Å². The van der Waals surface area contributed by atoms with Crippen LogP contribution in [-0.2, 0) is 12.4 Å². The fourth-order valence-electron chi connectivity index (χ4n) is 1.63. The maximum Gasteiger partial charge on any atom is 0.416 e. The summed E-state index contributed by atoms with van der Waals surface area (Å²) in [4.78, 5) is 21.6. The fourth-order valence-corrected chi connectivity index (χ4v) is 1.63. The molecular weight excluding hydrogens is 332 g/mol. The number of hydrogen-bond acceptors (Lipinski definition) is 3. The Hall–Kier alpha value is -2.33. The Morgan fingerprint density at radius 3 is 1.87 bits per heavy atom. The third kappa shape index (κ3) is 4.83. The Kier molecular flexibility index (Phi) is 5.23. The lowest BCUT2D eigenvalue weighted by Crippen LogP contribution is -2.35. The van der Waals surface area contributed by atoms with E-state index in [4.69, 9.17) is 0 Å². The number of urea groups is 1. The van der Waals surface area contributed by atoms with Gasteiger partial charge in [-0.2, -0.15) is 31.4 Å². The number of nitrogens with one attached hydrogen (secondary N) is 1. The summed E-state index contributed by atoms with van der Waals surface area (Å²) in [6.45, 7) is 1.17. The molecule has 0 bridgehead atoms. The maximum absolute atomic E-state index is 12.7. The van der Waals surface area contributed by atoms with Gasteiger partial charge in [0.2, 0.25) is 0 Å². The quantitative estimate of drug-likeness (QED) is 0.510. The summed E-state index contributed by atoms with van der Waals surface area (Å²) in [6, 6.07) is -1.31. The van der Waals surface area contributed by atoms with Crippen molar-refractivity contribution in [2.75, 3.05) is 7.05 Å². The van der Waals surface area contributed by atoms with E-state index >= 15 is 0 Å². The van der Waals surface area contributed by atoms with Crippen molar-refractivity contribution in [1.29, 1.82) is 0 Å². The zero-order valence-corrected chi connectivity index (χ0v) is 11.8. The van der Waals surface area contributed by atoms with Crippen molar-refractivity contribution in [3.8, 4) is 0 Å². The molecule has 128 valence electrons. The molecule has 0 heterocycles. The number of amides is 2. The van der Waals surface area contributed by atoms with Crippen LogP contribution in [0, 0.1) is 4.91 Å². The molecule has 0 saturated heterocycles. The second-order valence-electron chi connectivity index (χ2n) is 4.62. The van der Waals surface area contributed by atoms with Crippen LogP contribution in [0.1, 0.15) is 29.7 Å². The number of alkyl halides is 6. The van der Waals surface area contributed by atoms with E-state index in [-0.39, 0.29) is 6.07 Å². The zero-order valence-electron chi connectivity index (χ0n) is 11.8. The van der Waals surface area contributed by atoms with Gasteiger partial charge in [-0.15, -0.1) is 4.91 Å². The highest BCUT2D eigenvalue weighted by atomic mass is 19.4. The summed E-state index contributed by atoms with van der Waals surface area (Å²) in [7, 11) is 0.975. The molecule has 1 rings (SSSR count). The molecule has 1 N–H and O–H groups in total. The third-order valence-electron chi connectivity index (χ3n) is 2.87. The van der Waals surface area contributed by atoms with E-state index in [9.17, 15) is 36.0 Å². The number of nitrogens with zero attached hydrogens (tertiary/aromatic N) is 2. The van der Waals surface area contributed by atoms with Crippen LogP contribution in [0.25, 0.3) is 0 Å². The Labute approximate surface area is 126 Å². The first-order valence-electron chi connectivity index (χ1n) is 6.03. The van der Waals surface area contributed by atoms with Gasteiger partial charge in [0.25, 0.3) is 0 Å². The van der Waals surface area contributed by atoms with Crippen molar-refractivity contribution >= 4 is 6.03 Å². The van der Waals surface area contributed by atoms with Crippen LogP contribution < -0.4 is 5.32 Å². The van der Waals surface area contributed by atoms with Crippen LogP contribution in [0.4, 0.5) is 31.1 Å². The highest BCUT2D eigenvalue weighted by Gasteiger charge is 2.37. The fraction of sp³-hybridized carbons (Fsp3) is 0.417. The molecule has 5 nitrogen and oxygen atoms in total. The summed E-state index contributed by atoms with van der Waals surface area (Å²) in [5.41, 5.74) is -3.41. The molecule has 0 saturated carbocycles. The Bertz CT molecular complexity index is 567. The lowest BCUT2D eigenvalue weighted by molar-refractivity contribution is -0.143. The third-order valence-corrected chi connectivity index (χ3v) is 2.87. The number of halogens is 6. The second kappa shape index (κ2) is 6.42. The van der Waals surface area contributed by atoms with Gasteiger partial charge in [-0.1, -0.05) is 0 Å². The first-order chi connectivity index (χ1) is 10.4. The summed E-state index contributed by atoms with van der Waals surface area (Å²) >= 11 is 0. The molecule has 23 heavy (non-hydrogen) atoms. The largest absolute Gasteiger partial charge is 0.416 e. The van der Waals surface area contributed by atoms with Gasteiger partial charge >= 0.3 is 18.4 Å². The molecule has 1 aromatic carbocycles. The van der Waals surface area contributed by atoms with Crippen LogP contribution in [-0.4, -0.2) is 18.1 Å². The minimum Gasteiger partial charge on any atom is -0.330 e. The van der Waals surface area contributed by atoms with Crippen LogP contribution in [0.3, 0.4) is 0 Å². The first-order valence-corrected chi connectivity index (χ1v) is 6.03. The number of rotatable bonds is 3. The standard InChI is InChI=1S/C12H11F6N3O2/c1-6(19-10(22)21(2)20-23)7-3-8(11(13,14)15)5-9(4-7)12(16,17)18/h3-6H,1-2H3,(H,19,22)/t6-/m1/s1. The minimum absolute atomic E-state index is 0.0167. The smallest absolute Gasteiger partial charge is 0.330 e. The van der Waals surface area contributed by atoms with E-state index in [2.05, 4.69) is 10.6 Å². The highest BCUT2D eigenvalue weighted by Crippen LogP contribution is 2.37. The normalized spacial score (nSPS) is 13.4. The molecule has 2 amide bonds. The molecule has 1 atom stereocenters. The SMILES string of the molecule is C[C@@H](NC(=O)N(C)N=O)c1cc(C(F)(F)F)cc(C(F)(F)F)c1. The first kappa shape index (κ1) is 18.7. The average molecular weight is 343 g/mol. The topological polar surface area (TPSA) is 61.8 Å². The Morgan fingerprint density at radius 1 is 1.09 bits per heavy atom. The van der Waals surface area contributed by atoms with Gasteiger partial charge in [0.15, 0.2) is 0 Å². The Morgan fingerprint density at radius 2 is 1.52 bits per heavy atom. The minimum atomic E-state index is -4.99. The lowest BCUT2D eigenvalue weighted by atomic mass is 10.0. The van der Waals surface area contributed by atoms with Crippen LogP contribution in [0.5, 0.6) is 0 Å². The molecule has 0 unspecified atom stereocenters. The van der Waals surface area contributed by atoms with E-state index in [1.165, 1.54) is 6.92 Å². The van der Waals surface area contributed by atoms with Gasteiger partial charge in [0.1, 0.15) is 0 Å². The number of hydrogen-bond donors (Lipinski definition) is 1. The van der Waals surface area contributed by atoms with Crippen molar-refractivity contribution in [2.45, 2.75) is 25.3 Å². The van der Waals surface area contributed by atoms with E-state index in [0.29, 0.717) is 17.1 Å². The van der Waals surface area contributed by atoms with E-state index in [1.807, 2.05) is 0 Å². The van der Waals surface area contributed by atoms with Crippen molar-refractivity contribution in [2.24, 2.45) is 5.29 Å². The second-order valence-corrected chi connectivity index (χ2v) is 4.62. The number of carbonyl (C=O) groups excluding carboxylic acids is 1. The number of carbonyl (C=O) groups is 1. The molecular formula is C12H11F6N3O2. The van der Waals surface area contributed by atoms with Gasteiger partial charge in [-0.05, 0) is 30.7 Å². The van der Waals surface area contributed by atoms with Gasteiger partial charge in [-0.3, -0.25) is 0 Å². The molecule has 0 aromatic heterocycles. The molecule has 0 fully saturated rings. The van der Waals surface area contributed by atoms with Crippen LogP contribution in [0.15, 0.2) is 23.5 Å². The molecule has 0 radical (unpaired) electrons. The summed E-state index contributed by atoms with van der Waals surface area (Å²) in [5, 5.41) is 4.64. The van der Waals surface area contributed by atoms with Crippen molar-refractivity contribution < 1.29 is 31.1 Å². The molecule has 0 aliphatic carbocycles. The van der Waals surface area contributed by atoms with E-state index in [1.54, 1.807) is 0 Å². The van der Waals surface area contributed by atoms with E-state index in [0.717, 1.165) is 7.05 Å². The van der Waals surface area contributed by atoms with Gasteiger partial charge in [-0.25, -0.2) is 4.79 Å². The molecule has 0 aliphatic rings. The maximum atomic E-state index is 12.7. The van der Waals surface area contributed by atoms with Gasteiger partial charge < -0.3 is 5.32 Å². The lowest BCUT2D eigenvalue weighted by Gasteiger charge is -2.19. The van der Waals surface area contributed by atoms with Gasteiger partial charge in [0.05, 0.1) is 22.5 Å². The predicted molar refractivity (Wildman–Crippen MR) is 67.0 cm³/mol. The number of benzene rings is 1. The van der Waals surface area contributed by atoms with Crippen molar-refractivity contribution in [1.82, 2.24) is 10.3 Å². The molecule has 0 aliphatic heterocycles. The summed E-state index contributed by atoms with van der Waals surface area (Å²) < 4.78 is 76.4. The molecule has 0 spiro atoms. The summed E-state index contributed by atoms with van der Waals surface area (Å²) in [6.07, 6.45) is -9.97. The van der Waals surface area contributed by atoms with Crippen LogP contribution in [0.2, 0.25) is 0 Å². The Balaban J connectivity index is 3.24. The monoisotopic (exact) mass is 343 g/mol. The van der Waals surface area contributed by atoms with Crippen LogP contribution >= 0.6 is 0 Å². The van der Waals surface area contributed by atoms with Crippen molar-refractivity contribution in [3.63, 3.8) is 0 Å². The average Bonchev–Trinajstić information content (AvgIpc) is 2.43. The molecule has 11 heteroatoms.